The molecule has 1 aliphatic carbocycles. The van der Waals surface area contributed by atoms with Gasteiger partial charge in [0.2, 0.25) is 10.9 Å². The number of fused-ring (bicyclic) bond motifs is 5. The molecule has 2 aromatic carbocycles. The molecule has 7 nitrogen and oxygen atoms in total. The quantitative estimate of drug-likeness (QED) is 0.461. The van der Waals surface area contributed by atoms with Gasteiger partial charge in [-0.25, -0.2) is 13.1 Å². The zero-order valence-electron chi connectivity index (χ0n) is 14.9. The summed E-state index contributed by atoms with van der Waals surface area (Å²) < 4.78 is 30.7. The Morgan fingerprint density at radius 2 is 1.96 bits per heavy atom. The second kappa shape index (κ2) is 5.79. The molecular weight excluding hydrogens is 368 g/mol. The molecular formula is C19H20N2O5S. The van der Waals surface area contributed by atoms with Gasteiger partial charge in [0, 0.05) is 23.4 Å². The summed E-state index contributed by atoms with van der Waals surface area (Å²) in [5.41, 5.74) is 6.42. The number of nitrogen functional groups attached to an aromatic ring is 1. The van der Waals surface area contributed by atoms with Crippen molar-refractivity contribution in [1.29, 1.82) is 0 Å². The first-order valence-corrected chi connectivity index (χ1v) is 9.77. The lowest BCUT2D eigenvalue weighted by Gasteiger charge is -2.33. The lowest BCUT2D eigenvalue weighted by atomic mass is 9.74. The number of hydrogen-bond donors (Lipinski definition) is 4. The van der Waals surface area contributed by atoms with Gasteiger partial charge in [-0.3, -0.25) is 4.79 Å². The molecule has 1 heterocycles. The lowest BCUT2D eigenvalue weighted by molar-refractivity contribution is -0.162. The van der Waals surface area contributed by atoms with Gasteiger partial charge in [0.25, 0.3) is 5.79 Å². The Hall–Kier alpha value is -2.42. The van der Waals surface area contributed by atoms with E-state index in [2.05, 4.69) is 4.72 Å². The Kier molecular flexibility index (Phi) is 3.85. The normalized spacial score (nSPS) is 25.4. The molecule has 0 bridgehead atoms. The Morgan fingerprint density at radius 1 is 1.22 bits per heavy atom. The van der Waals surface area contributed by atoms with E-state index in [9.17, 15) is 18.3 Å². The van der Waals surface area contributed by atoms with Crippen LogP contribution in [0.2, 0.25) is 0 Å². The predicted molar refractivity (Wildman–Crippen MR) is 100 cm³/mol. The first kappa shape index (κ1) is 18.0. The number of rotatable bonds is 4. The standard InChI is InChI=1S/C19H20N2O5S/c1-10(2)11-6-7-12-15(8-11)26-19(23)13-4-3-5-14(20)16(13)17(22)18(12,19)9-21-27(24)25/h3-8,10,23,27H,9,20H2,1-2H3,(H,21,24,25). The SMILES string of the molecule is CC(C)c1ccc2c(c1)OC1(O)c3cccc(N)c3C(=O)C21CN[SH](=O)=O. The number of carbonyl (C=O) groups excluding carboxylic acids is 1. The third-order valence-corrected chi connectivity index (χ3v) is 5.93. The second-order valence-corrected chi connectivity index (χ2v) is 8.08. The molecule has 8 heteroatoms. The maximum atomic E-state index is 13.5. The number of hydrogen-bond acceptors (Lipinski definition) is 6. The van der Waals surface area contributed by atoms with Gasteiger partial charge in [-0.1, -0.05) is 38.1 Å². The molecule has 0 radical (unpaired) electrons. The van der Waals surface area contributed by atoms with Gasteiger partial charge in [-0.05, 0) is 23.6 Å². The molecule has 27 heavy (non-hydrogen) atoms. The van der Waals surface area contributed by atoms with Crippen molar-refractivity contribution in [2.24, 2.45) is 0 Å². The van der Waals surface area contributed by atoms with Gasteiger partial charge >= 0.3 is 0 Å². The molecule has 2 atom stereocenters. The summed E-state index contributed by atoms with van der Waals surface area (Å²) in [4.78, 5) is 13.5. The fraction of sp³-hybridized carbons (Fsp3) is 0.316. The van der Waals surface area contributed by atoms with Crippen LogP contribution in [0.4, 0.5) is 5.69 Å². The van der Waals surface area contributed by atoms with Gasteiger partial charge < -0.3 is 15.6 Å². The average Bonchev–Trinajstić information content (AvgIpc) is 2.97. The maximum Gasteiger partial charge on any atom is 0.254 e. The smallest absolute Gasteiger partial charge is 0.254 e. The fourth-order valence-electron chi connectivity index (χ4n) is 4.12. The van der Waals surface area contributed by atoms with E-state index in [-0.39, 0.29) is 29.3 Å². The number of benzene rings is 2. The molecule has 0 aromatic heterocycles. The molecule has 1 aliphatic heterocycles. The number of aliphatic hydroxyl groups is 1. The van der Waals surface area contributed by atoms with Crippen molar-refractivity contribution in [1.82, 2.24) is 4.72 Å². The van der Waals surface area contributed by atoms with Crippen LogP contribution in [0, 0.1) is 0 Å². The highest BCUT2D eigenvalue weighted by atomic mass is 32.2. The highest BCUT2D eigenvalue weighted by molar-refractivity contribution is 7.70. The summed E-state index contributed by atoms with van der Waals surface area (Å²) in [6.07, 6.45) is 0. The van der Waals surface area contributed by atoms with Gasteiger partial charge in [0.15, 0.2) is 5.78 Å². The summed E-state index contributed by atoms with van der Waals surface area (Å²) in [5, 5.41) is 11.6. The number of anilines is 1. The molecule has 2 unspecified atom stereocenters. The zero-order valence-corrected chi connectivity index (χ0v) is 15.7. The van der Waals surface area contributed by atoms with Crippen LogP contribution in [-0.2, 0) is 22.1 Å². The molecule has 0 spiro atoms. The number of thiol groups is 1. The van der Waals surface area contributed by atoms with Crippen LogP contribution in [0.1, 0.15) is 46.8 Å². The van der Waals surface area contributed by atoms with Gasteiger partial charge in [0.1, 0.15) is 11.2 Å². The molecule has 142 valence electrons. The third-order valence-electron chi connectivity index (χ3n) is 5.52. The van der Waals surface area contributed by atoms with Crippen LogP contribution >= 0.6 is 0 Å². The molecule has 0 saturated heterocycles. The summed E-state index contributed by atoms with van der Waals surface area (Å²) in [6.45, 7) is 3.71. The van der Waals surface area contributed by atoms with Crippen molar-refractivity contribution in [3.8, 4) is 5.75 Å². The summed E-state index contributed by atoms with van der Waals surface area (Å²) >= 11 is 0. The number of nitrogens with one attached hydrogen (secondary N) is 1. The van der Waals surface area contributed by atoms with Gasteiger partial charge in [0.05, 0.1) is 5.56 Å². The van der Waals surface area contributed by atoms with E-state index >= 15 is 0 Å². The van der Waals surface area contributed by atoms with E-state index in [1.807, 2.05) is 19.9 Å². The van der Waals surface area contributed by atoms with Crippen LogP contribution in [0.3, 0.4) is 0 Å². The van der Waals surface area contributed by atoms with Crippen LogP contribution in [0.25, 0.3) is 0 Å². The molecule has 0 fully saturated rings. The maximum absolute atomic E-state index is 13.5. The van der Waals surface area contributed by atoms with E-state index in [0.29, 0.717) is 11.3 Å². The van der Waals surface area contributed by atoms with Crippen LogP contribution < -0.4 is 15.2 Å². The summed E-state index contributed by atoms with van der Waals surface area (Å²) in [7, 11) is -2.98. The molecule has 2 aliphatic rings. The third kappa shape index (κ3) is 2.20. The monoisotopic (exact) mass is 388 g/mol. The van der Waals surface area contributed by atoms with Gasteiger partial charge in [-0.2, -0.15) is 0 Å². The molecule has 0 amide bonds. The Labute approximate surface area is 158 Å². The summed E-state index contributed by atoms with van der Waals surface area (Å²) in [6, 6.07) is 10.1. The summed E-state index contributed by atoms with van der Waals surface area (Å²) in [5.74, 6) is -1.91. The Morgan fingerprint density at radius 3 is 2.63 bits per heavy atom. The van der Waals surface area contributed by atoms with Crippen LogP contribution in [-0.4, -0.2) is 25.9 Å². The van der Waals surface area contributed by atoms with Crippen LogP contribution in [0.5, 0.6) is 5.75 Å². The van der Waals surface area contributed by atoms with E-state index in [1.165, 1.54) is 0 Å². The minimum Gasteiger partial charge on any atom is -0.456 e. The average molecular weight is 388 g/mol. The van der Waals surface area contributed by atoms with Crippen molar-refractivity contribution in [2.45, 2.75) is 31.0 Å². The second-order valence-electron chi connectivity index (χ2n) is 7.25. The van der Waals surface area contributed by atoms with Crippen molar-refractivity contribution >= 4 is 22.4 Å². The molecule has 2 aromatic rings. The molecule has 0 saturated carbocycles. The first-order chi connectivity index (χ1) is 12.7. The number of ketones is 1. The number of carbonyl (C=O) groups is 1. The molecule has 4 N–H and O–H groups in total. The minimum absolute atomic E-state index is 0.168. The highest BCUT2D eigenvalue weighted by Gasteiger charge is 2.70. The van der Waals surface area contributed by atoms with Crippen molar-refractivity contribution < 1.29 is 23.1 Å². The van der Waals surface area contributed by atoms with Crippen molar-refractivity contribution in [2.75, 3.05) is 12.3 Å². The van der Waals surface area contributed by atoms with E-state index in [0.717, 1.165) is 5.56 Å². The van der Waals surface area contributed by atoms with E-state index in [4.69, 9.17) is 10.5 Å². The number of Topliss-reactive ketones (excluding diaryl/α,β-unsaturated/α-hetero) is 1. The van der Waals surface area contributed by atoms with Crippen LogP contribution in [0.15, 0.2) is 36.4 Å². The first-order valence-electron chi connectivity index (χ1n) is 8.60. The van der Waals surface area contributed by atoms with Gasteiger partial charge in [-0.15, -0.1) is 0 Å². The zero-order chi connectivity index (χ0) is 19.6. The Balaban J connectivity index is 1.99. The Bertz CT molecular complexity index is 1040. The van der Waals surface area contributed by atoms with Crippen molar-refractivity contribution in [3.05, 3.63) is 58.7 Å². The molecule has 4 rings (SSSR count). The van der Waals surface area contributed by atoms with Crippen molar-refractivity contribution in [3.63, 3.8) is 0 Å². The highest BCUT2D eigenvalue weighted by Crippen LogP contribution is 2.60. The van der Waals surface area contributed by atoms with E-state index in [1.54, 1.807) is 30.3 Å². The fourth-order valence-corrected chi connectivity index (χ4v) is 4.49. The van der Waals surface area contributed by atoms with E-state index < -0.39 is 27.9 Å². The topological polar surface area (TPSA) is 119 Å². The minimum atomic E-state index is -2.98. The number of nitrogens with two attached hydrogens (primary N) is 1. The number of ether oxygens (including phenoxy) is 1. The largest absolute Gasteiger partial charge is 0.456 e. The lowest BCUT2D eigenvalue weighted by Crippen LogP contribution is -2.54. The predicted octanol–water partition coefficient (Wildman–Crippen LogP) is 1.18.